The van der Waals surface area contributed by atoms with Crippen molar-refractivity contribution >= 4 is 37.5 Å². The van der Waals surface area contributed by atoms with Gasteiger partial charge < -0.3 is 9.64 Å². The van der Waals surface area contributed by atoms with Gasteiger partial charge in [0.1, 0.15) is 0 Å². The summed E-state index contributed by atoms with van der Waals surface area (Å²) < 4.78 is 34.4. The standard InChI is InChI=1S/C21H25BrN2O4S/c1-3-24(13-16-9-10-28-14-16)21(25)17-5-4-6-18(12-17)29(26,27)23-20-11-15(2)7-8-19(20)22/h4-8,11-12,16,23H,3,9-10,13-14H2,1-2H3. The molecule has 1 unspecified atom stereocenters. The maximum Gasteiger partial charge on any atom is 0.261 e. The average molecular weight is 481 g/mol. The molecule has 0 aromatic heterocycles. The molecule has 1 amide bonds. The van der Waals surface area contributed by atoms with Crippen LogP contribution < -0.4 is 4.72 Å². The van der Waals surface area contributed by atoms with Gasteiger partial charge in [-0.3, -0.25) is 9.52 Å². The van der Waals surface area contributed by atoms with Gasteiger partial charge in [0, 0.05) is 35.7 Å². The van der Waals surface area contributed by atoms with Gasteiger partial charge in [0.2, 0.25) is 0 Å². The van der Waals surface area contributed by atoms with Crippen molar-refractivity contribution in [3.8, 4) is 0 Å². The number of hydrogen-bond acceptors (Lipinski definition) is 4. The molecule has 0 saturated carbocycles. The fourth-order valence-electron chi connectivity index (χ4n) is 3.29. The van der Waals surface area contributed by atoms with Gasteiger partial charge in [0.25, 0.3) is 15.9 Å². The largest absolute Gasteiger partial charge is 0.381 e. The van der Waals surface area contributed by atoms with Crippen LogP contribution in [0.25, 0.3) is 0 Å². The van der Waals surface area contributed by atoms with Crippen LogP contribution in [-0.2, 0) is 14.8 Å². The van der Waals surface area contributed by atoms with E-state index in [-0.39, 0.29) is 10.8 Å². The van der Waals surface area contributed by atoms with E-state index in [2.05, 4.69) is 20.7 Å². The third-order valence-electron chi connectivity index (χ3n) is 4.93. The summed E-state index contributed by atoms with van der Waals surface area (Å²) in [5.41, 5.74) is 1.75. The number of rotatable bonds is 7. The lowest BCUT2D eigenvalue weighted by atomic mass is 10.1. The van der Waals surface area contributed by atoms with Crippen LogP contribution in [0.2, 0.25) is 0 Å². The number of carbonyl (C=O) groups excluding carboxylic acids is 1. The molecule has 6 nitrogen and oxygen atoms in total. The smallest absolute Gasteiger partial charge is 0.261 e. The minimum Gasteiger partial charge on any atom is -0.381 e. The molecule has 2 aromatic rings. The van der Waals surface area contributed by atoms with E-state index in [0.717, 1.165) is 18.6 Å². The fourth-order valence-corrected chi connectivity index (χ4v) is 4.89. The molecule has 1 N–H and O–H groups in total. The molecule has 2 aromatic carbocycles. The van der Waals surface area contributed by atoms with Gasteiger partial charge in [-0.15, -0.1) is 0 Å². The lowest BCUT2D eigenvalue weighted by Gasteiger charge is -2.24. The maximum absolute atomic E-state index is 13.0. The molecule has 0 bridgehead atoms. The van der Waals surface area contributed by atoms with Crippen molar-refractivity contribution in [1.82, 2.24) is 4.90 Å². The first-order valence-electron chi connectivity index (χ1n) is 9.56. The quantitative estimate of drug-likeness (QED) is 0.648. The monoisotopic (exact) mass is 480 g/mol. The highest BCUT2D eigenvalue weighted by atomic mass is 79.9. The predicted octanol–water partition coefficient (Wildman–Crippen LogP) is 4.06. The van der Waals surface area contributed by atoms with E-state index < -0.39 is 10.0 Å². The average Bonchev–Trinajstić information content (AvgIpc) is 3.21. The van der Waals surface area contributed by atoms with Crippen LogP contribution in [0, 0.1) is 12.8 Å². The molecular formula is C21H25BrN2O4S. The number of sulfonamides is 1. The van der Waals surface area contributed by atoms with Gasteiger partial charge >= 0.3 is 0 Å². The zero-order chi connectivity index (χ0) is 21.0. The maximum atomic E-state index is 13.0. The van der Waals surface area contributed by atoms with Crippen LogP contribution in [0.4, 0.5) is 5.69 Å². The van der Waals surface area contributed by atoms with E-state index >= 15 is 0 Å². The van der Waals surface area contributed by atoms with Gasteiger partial charge in [0.15, 0.2) is 0 Å². The van der Waals surface area contributed by atoms with Gasteiger partial charge in [0.05, 0.1) is 17.2 Å². The Morgan fingerprint density at radius 1 is 1.28 bits per heavy atom. The van der Waals surface area contributed by atoms with E-state index in [9.17, 15) is 13.2 Å². The Labute approximate surface area is 180 Å². The number of halogens is 1. The Morgan fingerprint density at radius 3 is 2.76 bits per heavy atom. The SMILES string of the molecule is CCN(CC1CCOC1)C(=O)c1cccc(S(=O)(=O)Nc2cc(C)ccc2Br)c1. The number of aryl methyl sites for hydroxylation is 1. The van der Waals surface area contributed by atoms with Crippen molar-refractivity contribution < 1.29 is 17.9 Å². The lowest BCUT2D eigenvalue weighted by Crippen LogP contribution is -2.35. The summed E-state index contributed by atoms with van der Waals surface area (Å²) in [6, 6.07) is 11.6. The Balaban J connectivity index is 1.81. The van der Waals surface area contributed by atoms with Crippen molar-refractivity contribution in [1.29, 1.82) is 0 Å². The van der Waals surface area contributed by atoms with Crippen molar-refractivity contribution in [3.63, 3.8) is 0 Å². The van der Waals surface area contributed by atoms with E-state index in [1.165, 1.54) is 12.1 Å². The number of hydrogen-bond donors (Lipinski definition) is 1. The molecule has 1 atom stereocenters. The number of nitrogens with zero attached hydrogens (tertiary/aromatic N) is 1. The van der Waals surface area contributed by atoms with Crippen molar-refractivity contribution in [2.24, 2.45) is 5.92 Å². The van der Waals surface area contributed by atoms with Crippen molar-refractivity contribution in [2.45, 2.75) is 25.2 Å². The van der Waals surface area contributed by atoms with E-state index in [4.69, 9.17) is 4.74 Å². The Hall–Kier alpha value is -1.90. The summed E-state index contributed by atoms with van der Waals surface area (Å²) in [5.74, 6) is 0.152. The molecule has 29 heavy (non-hydrogen) atoms. The zero-order valence-electron chi connectivity index (χ0n) is 16.5. The number of nitrogens with one attached hydrogen (secondary N) is 1. The van der Waals surface area contributed by atoms with E-state index in [1.807, 2.05) is 19.9 Å². The number of anilines is 1. The zero-order valence-corrected chi connectivity index (χ0v) is 18.9. The fraction of sp³-hybridized carbons (Fsp3) is 0.381. The van der Waals surface area contributed by atoms with Crippen molar-refractivity contribution in [2.75, 3.05) is 31.0 Å². The second-order valence-electron chi connectivity index (χ2n) is 7.19. The highest BCUT2D eigenvalue weighted by molar-refractivity contribution is 9.10. The van der Waals surface area contributed by atoms with Crippen LogP contribution in [0.1, 0.15) is 29.3 Å². The molecular weight excluding hydrogens is 456 g/mol. The van der Waals surface area contributed by atoms with Gasteiger partial charge in [-0.2, -0.15) is 0 Å². The first kappa shape index (κ1) is 21.8. The summed E-state index contributed by atoms with van der Waals surface area (Å²) in [4.78, 5) is 14.8. The Bertz CT molecular complexity index is 988. The molecule has 1 saturated heterocycles. The predicted molar refractivity (Wildman–Crippen MR) is 117 cm³/mol. The number of amides is 1. The van der Waals surface area contributed by atoms with E-state index in [1.54, 1.807) is 29.2 Å². The Kier molecular flexibility index (Phi) is 6.97. The highest BCUT2D eigenvalue weighted by Gasteiger charge is 2.24. The van der Waals surface area contributed by atoms with Gasteiger partial charge in [-0.25, -0.2) is 8.42 Å². The third kappa shape index (κ3) is 5.38. The summed E-state index contributed by atoms with van der Waals surface area (Å²) in [7, 11) is -3.83. The minimum absolute atomic E-state index is 0.0528. The lowest BCUT2D eigenvalue weighted by molar-refractivity contribution is 0.0730. The van der Waals surface area contributed by atoms with Crippen LogP contribution in [0.5, 0.6) is 0 Å². The minimum atomic E-state index is -3.83. The number of benzene rings is 2. The summed E-state index contributed by atoms with van der Waals surface area (Å²) >= 11 is 3.37. The summed E-state index contributed by atoms with van der Waals surface area (Å²) in [6.07, 6.45) is 0.938. The van der Waals surface area contributed by atoms with Crippen LogP contribution >= 0.6 is 15.9 Å². The normalized spacial score (nSPS) is 16.6. The molecule has 156 valence electrons. The topological polar surface area (TPSA) is 75.7 Å². The molecule has 1 aliphatic rings. The first-order chi connectivity index (χ1) is 13.8. The second-order valence-corrected chi connectivity index (χ2v) is 9.73. The van der Waals surface area contributed by atoms with Gasteiger partial charge in [-0.1, -0.05) is 12.1 Å². The summed E-state index contributed by atoms with van der Waals surface area (Å²) in [5, 5.41) is 0. The molecule has 3 rings (SSSR count). The molecule has 8 heteroatoms. The first-order valence-corrected chi connectivity index (χ1v) is 11.8. The molecule has 1 fully saturated rings. The second kappa shape index (κ2) is 9.28. The van der Waals surface area contributed by atoms with Crippen LogP contribution in [0.15, 0.2) is 51.8 Å². The number of ether oxygens (including phenoxy) is 1. The van der Waals surface area contributed by atoms with E-state index in [0.29, 0.717) is 41.3 Å². The molecule has 1 heterocycles. The Morgan fingerprint density at radius 2 is 2.07 bits per heavy atom. The van der Waals surface area contributed by atoms with Gasteiger partial charge in [-0.05, 0) is 72.1 Å². The molecule has 1 aliphatic heterocycles. The van der Waals surface area contributed by atoms with Crippen LogP contribution in [0.3, 0.4) is 0 Å². The molecule has 0 radical (unpaired) electrons. The molecule has 0 spiro atoms. The molecule has 0 aliphatic carbocycles. The van der Waals surface area contributed by atoms with Crippen molar-refractivity contribution in [3.05, 3.63) is 58.1 Å². The highest BCUT2D eigenvalue weighted by Crippen LogP contribution is 2.26. The van der Waals surface area contributed by atoms with Crippen LogP contribution in [-0.4, -0.2) is 45.5 Å². The third-order valence-corrected chi connectivity index (χ3v) is 6.98. The number of carbonyl (C=O) groups is 1. The summed E-state index contributed by atoms with van der Waals surface area (Å²) in [6.45, 7) is 6.36.